The van der Waals surface area contributed by atoms with E-state index in [2.05, 4.69) is 0 Å². The van der Waals surface area contributed by atoms with Crippen LogP contribution in [0.25, 0.3) is 0 Å². The van der Waals surface area contributed by atoms with E-state index in [9.17, 15) is 19.5 Å². The third-order valence-corrected chi connectivity index (χ3v) is 9.72. The highest BCUT2D eigenvalue weighted by Crippen LogP contribution is 2.54. The van der Waals surface area contributed by atoms with Crippen LogP contribution in [-0.2, 0) is 19.1 Å². The van der Waals surface area contributed by atoms with E-state index < -0.39 is 29.6 Å². The molecule has 1 aliphatic carbocycles. The Labute approximate surface area is 248 Å². The number of ether oxygens (including phenoxy) is 2. The summed E-state index contributed by atoms with van der Waals surface area (Å²) in [6, 6.07) is 6.78. The second-order valence-corrected chi connectivity index (χ2v) is 12.1. The molecule has 0 aromatic heterocycles. The molecule has 1 spiro atoms. The standard InChI is InChI=1S/C33H43N3O6/c1-2-41-25-16-14-24(15-17-25)34-20-9-13-26-27(30(34)38)28-31(39)36(19-7-4-8-22-37)29-32(40)35(23-11-5-3-6-12-23)21-10-18-33(28,29)42-26/h9-10,13-18,23,26-29,37H,2-8,11-12,19-22H2,1H3/t26-,27+,28+,29?,33+/m1/s1. The molecule has 0 bridgehead atoms. The van der Waals surface area contributed by atoms with Crippen molar-refractivity contribution in [2.75, 3.05) is 37.7 Å². The molecule has 42 heavy (non-hydrogen) atoms. The third-order valence-electron chi connectivity index (χ3n) is 9.72. The molecular weight excluding hydrogens is 534 g/mol. The van der Waals surface area contributed by atoms with E-state index in [-0.39, 0.29) is 30.4 Å². The largest absolute Gasteiger partial charge is 0.494 e. The lowest BCUT2D eigenvalue weighted by Gasteiger charge is -2.39. The lowest BCUT2D eigenvalue weighted by Crippen LogP contribution is -2.57. The monoisotopic (exact) mass is 577 g/mol. The number of fused-ring (bicyclic) bond motifs is 2. The molecule has 5 aliphatic rings. The van der Waals surface area contributed by atoms with Crippen molar-refractivity contribution < 1.29 is 29.0 Å². The zero-order valence-electron chi connectivity index (χ0n) is 24.5. The number of hydrogen-bond donors (Lipinski definition) is 1. The number of carbonyl (C=O) groups excluding carboxylic acids is 3. The summed E-state index contributed by atoms with van der Waals surface area (Å²) in [5.41, 5.74) is -0.473. The van der Waals surface area contributed by atoms with Crippen molar-refractivity contribution in [1.82, 2.24) is 9.80 Å². The molecule has 1 unspecified atom stereocenters. The second-order valence-electron chi connectivity index (χ2n) is 12.1. The Morgan fingerprint density at radius 3 is 2.48 bits per heavy atom. The Hall–Kier alpha value is -3.17. The molecule has 3 fully saturated rings. The summed E-state index contributed by atoms with van der Waals surface area (Å²) < 4.78 is 12.4. The van der Waals surface area contributed by atoms with Gasteiger partial charge >= 0.3 is 0 Å². The molecule has 9 heteroatoms. The molecule has 4 aliphatic heterocycles. The lowest BCUT2D eigenvalue weighted by atomic mass is 9.77. The van der Waals surface area contributed by atoms with Crippen LogP contribution in [0.15, 0.2) is 48.6 Å². The minimum absolute atomic E-state index is 0.0684. The van der Waals surface area contributed by atoms with Crippen LogP contribution in [0, 0.1) is 11.8 Å². The van der Waals surface area contributed by atoms with Gasteiger partial charge in [0.25, 0.3) is 0 Å². The zero-order valence-corrected chi connectivity index (χ0v) is 24.5. The van der Waals surface area contributed by atoms with Crippen molar-refractivity contribution in [2.45, 2.75) is 82.1 Å². The number of carbonyl (C=O) groups is 3. The minimum Gasteiger partial charge on any atom is -0.494 e. The first kappa shape index (κ1) is 28.9. The van der Waals surface area contributed by atoms with Crippen LogP contribution in [0.4, 0.5) is 5.69 Å². The van der Waals surface area contributed by atoms with Crippen LogP contribution in [-0.4, -0.2) is 89.3 Å². The Morgan fingerprint density at radius 1 is 0.952 bits per heavy atom. The molecular formula is C33H43N3O6. The highest BCUT2D eigenvalue weighted by atomic mass is 16.5. The minimum atomic E-state index is -1.20. The van der Waals surface area contributed by atoms with Gasteiger partial charge in [-0.05, 0) is 63.3 Å². The van der Waals surface area contributed by atoms with Gasteiger partial charge < -0.3 is 29.3 Å². The molecule has 0 radical (unpaired) electrons. The molecule has 6 rings (SSSR count). The van der Waals surface area contributed by atoms with Crippen LogP contribution in [0.5, 0.6) is 5.75 Å². The average molecular weight is 578 g/mol. The number of rotatable bonds is 9. The van der Waals surface area contributed by atoms with Crippen LogP contribution in [0.2, 0.25) is 0 Å². The molecule has 1 aromatic carbocycles. The first-order valence-corrected chi connectivity index (χ1v) is 15.8. The van der Waals surface area contributed by atoms with Crippen molar-refractivity contribution in [3.63, 3.8) is 0 Å². The van der Waals surface area contributed by atoms with Crippen LogP contribution in [0.3, 0.4) is 0 Å². The molecule has 9 nitrogen and oxygen atoms in total. The van der Waals surface area contributed by atoms with Crippen LogP contribution >= 0.6 is 0 Å². The summed E-state index contributed by atoms with van der Waals surface area (Å²) in [5.74, 6) is -1.23. The maximum absolute atomic E-state index is 14.5. The number of unbranched alkanes of at least 4 members (excludes halogenated alkanes) is 2. The topological polar surface area (TPSA) is 99.6 Å². The average Bonchev–Trinajstić information content (AvgIpc) is 3.31. The summed E-state index contributed by atoms with van der Waals surface area (Å²) in [6.45, 7) is 3.83. The molecule has 3 amide bonds. The quantitative estimate of drug-likeness (QED) is 0.357. The first-order valence-electron chi connectivity index (χ1n) is 15.8. The Bertz CT molecular complexity index is 1220. The smallest absolute Gasteiger partial charge is 0.249 e. The molecule has 2 saturated heterocycles. The van der Waals surface area contributed by atoms with Crippen LogP contribution in [0.1, 0.15) is 58.3 Å². The highest BCUT2D eigenvalue weighted by Gasteiger charge is 2.71. The van der Waals surface area contributed by atoms with E-state index in [1.54, 1.807) is 9.80 Å². The number of benzene rings is 1. The number of aliphatic hydroxyl groups is 1. The summed E-state index contributed by atoms with van der Waals surface area (Å²) >= 11 is 0. The van der Waals surface area contributed by atoms with Gasteiger partial charge in [0, 0.05) is 38.0 Å². The summed E-state index contributed by atoms with van der Waals surface area (Å²) in [5, 5.41) is 9.31. The maximum Gasteiger partial charge on any atom is 0.249 e. The van der Waals surface area contributed by atoms with Crippen molar-refractivity contribution >= 4 is 23.4 Å². The summed E-state index contributed by atoms with van der Waals surface area (Å²) in [4.78, 5) is 48.6. The Kier molecular flexibility index (Phi) is 8.41. The van der Waals surface area contributed by atoms with Gasteiger partial charge in [0.15, 0.2) is 0 Å². The predicted molar refractivity (Wildman–Crippen MR) is 158 cm³/mol. The van der Waals surface area contributed by atoms with Gasteiger partial charge in [-0.2, -0.15) is 0 Å². The molecule has 1 aromatic rings. The summed E-state index contributed by atoms with van der Waals surface area (Å²) in [7, 11) is 0. The number of nitrogens with zero attached hydrogens (tertiary/aromatic N) is 3. The van der Waals surface area contributed by atoms with E-state index in [1.165, 1.54) is 6.42 Å². The molecule has 226 valence electrons. The van der Waals surface area contributed by atoms with Crippen molar-refractivity contribution in [3.05, 3.63) is 48.6 Å². The van der Waals surface area contributed by atoms with Crippen LogP contribution < -0.4 is 9.64 Å². The fourth-order valence-corrected chi connectivity index (χ4v) is 7.81. The Morgan fingerprint density at radius 2 is 1.74 bits per heavy atom. The SMILES string of the molecule is CCOc1ccc(N2CC=C[C@H]3O[C@]45C=CCN(C6CCCCC6)C(=O)C4N(CCCCCO)C(=O)[C@@H]5[C@H]3C2=O)cc1. The second kappa shape index (κ2) is 12.2. The van der Waals surface area contributed by atoms with Gasteiger partial charge in [-0.15, -0.1) is 0 Å². The molecule has 5 atom stereocenters. The van der Waals surface area contributed by atoms with Gasteiger partial charge in [0.2, 0.25) is 17.7 Å². The molecule has 4 heterocycles. The normalized spacial score (nSPS) is 31.2. The number of likely N-dealkylation sites (tertiary alicyclic amines) is 1. The van der Waals surface area contributed by atoms with E-state index in [1.807, 2.05) is 60.4 Å². The number of anilines is 1. The van der Waals surface area contributed by atoms with Gasteiger partial charge in [0.05, 0.1) is 24.5 Å². The maximum atomic E-state index is 14.5. The fourth-order valence-electron chi connectivity index (χ4n) is 7.81. The molecule has 1 N–H and O–H groups in total. The summed E-state index contributed by atoms with van der Waals surface area (Å²) in [6.07, 6.45) is 14.6. The third kappa shape index (κ3) is 4.94. The van der Waals surface area contributed by atoms with Gasteiger partial charge in [-0.25, -0.2) is 0 Å². The predicted octanol–water partition coefficient (Wildman–Crippen LogP) is 3.46. The van der Waals surface area contributed by atoms with Gasteiger partial charge in [-0.1, -0.05) is 43.6 Å². The lowest BCUT2D eigenvalue weighted by molar-refractivity contribution is -0.149. The van der Waals surface area contributed by atoms with Crippen molar-refractivity contribution in [2.24, 2.45) is 11.8 Å². The van der Waals surface area contributed by atoms with E-state index >= 15 is 0 Å². The van der Waals surface area contributed by atoms with Gasteiger partial charge in [0.1, 0.15) is 17.4 Å². The Balaban J connectivity index is 1.35. The highest BCUT2D eigenvalue weighted by molar-refractivity contribution is 6.03. The van der Waals surface area contributed by atoms with E-state index in [0.29, 0.717) is 39.1 Å². The van der Waals surface area contributed by atoms with E-state index in [0.717, 1.165) is 43.5 Å². The van der Waals surface area contributed by atoms with Gasteiger partial charge in [-0.3, -0.25) is 14.4 Å². The van der Waals surface area contributed by atoms with Crippen molar-refractivity contribution in [1.29, 1.82) is 0 Å². The number of aliphatic hydroxyl groups excluding tert-OH is 1. The fraction of sp³-hybridized carbons (Fsp3) is 0.606. The zero-order chi connectivity index (χ0) is 29.3. The van der Waals surface area contributed by atoms with E-state index in [4.69, 9.17) is 9.47 Å². The first-order chi connectivity index (χ1) is 20.5. The number of hydrogen-bond acceptors (Lipinski definition) is 6. The van der Waals surface area contributed by atoms with Crippen molar-refractivity contribution in [3.8, 4) is 5.75 Å². The number of amides is 3. The molecule has 1 saturated carbocycles.